The maximum absolute atomic E-state index is 12.5. The molecule has 2 aromatic carbocycles. The van der Waals surface area contributed by atoms with E-state index in [-0.39, 0.29) is 31.4 Å². The molecule has 0 saturated carbocycles. The zero-order valence-electron chi connectivity index (χ0n) is 11.4. The molecule has 0 atom stereocenters. The van der Waals surface area contributed by atoms with Gasteiger partial charge in [-0.3, -0.25) is 4.79 Å². The van der Waals surface area contributed by atoms with Crippen molar-refractivity contribution in [3.63, 3.8) is 0 Å². The number of hydrogen-bond acceptors (Lipinski definition) is 4. The second kappa shape index (κ2) is 6.16. The molecule has 0 bridgehead atoms. The molecule has 0 radical (unpaired) electrons. The number of carbonyl (C=O) groups excluding carboxylic acids is 1. The van der Waals surface area contributed by atoms with Crippen molar-refractivity contribution < 1.29 is 13.2 Å². The van der Waals surface area contributed by atoms with Gasteiger partial charge in [0.1, 0.15) is 0 Å². The number of benzene rings is 2. The number of anilines is 2. The van der Waals surface area contributed by atoms with E-state index >= 15 is 0 Å². The SMILES string of the molecule is CC(=O)Nc1ccc(S(=O)(=O)c2ccc(Cl)c(Cl)c2)cc1N. The van der Waals surface area contributed by atoms with Crippen LogP contribution in [0.4, 0.5) is 11.4 Å². The van der Waals surface area contributed by atoms with Crippen molar-refractivity contribution in [2.45, 2.75) is 16.7 Å². The Morgan fingerprint density at radius 2 is 1.64 bits per heavy atom. The highest BCUT2D eigenvalue weighted by Gasteiger charge is 2.20. The minimum absolute atomic E-state index is 0.00232. The standard InChI is InChI=1S/C14H12Cl2N2O3S/c1-8(19)18-14-5-3-10(7-13(14)17)22(20,21)9-2-4-11(15)12(16)6-9/h2-7H,17H2,1H3,(H,18,19). The molecular formula is C14H12Cl2N2O3S. The summed E-state index contributed by atoms with van der Waals surface area (Å²) in [5.41, 5.74) is 6.27. The van der Waals surface area contributed by atoms with Gasteiger partial charge >= 0.3 is 0 Å². The monoisotopic (exact) mass is 358 g/mol. The molecule has 22 heavy (non-hydrogen) atoms. The molecule has 0 spiro atoms. The average Bonchev–Trinajstić information content (AvgIpc) is 2.43. The van der Waals surface area contributed by atoms with Gasteiger partial charge in [-0.15, -0.1) is 0 Å². The first-order valence-electron chi connectivity index (χ1n) is 6.09. The van der Waals surface area contributed by atoms with E-state index in [2.05, 4.69) is 5.32 Å². The van der Waals surface area contributed by atoms with E-state index in [0.717, 1.165) is 0 Å². The largest absolute Gasteiger partial charge is 0.397 e. The Balaban J connectivity index is 2.47. The minimum Gasteiger partial charge on any atom is -0.397 e. The molecule has 2 rings (SSSR count). The van der Waals surface area contributed by atoms with Crippen molar-refractivity contribution in [3.8, 4) is 0 Å². The summed E-state index contributed by atoms with van der Waals surface area (Å²) in [5.74, 6) is -0.299. The Hall–Kier alpha value is -1.76. The summed E-state index contributed by atoms with van der Waals surface area (Å²) in [5, 5.41) is 2.92. The predicted octanol–water partition coefficient (Wildman–Crippen LogP) is 3.37. The van der Waals surface area contributed by atoms with Crippen LogP contribution in [0.2, 0.25) is 10.0 Å². The Bertz CT molecular complexity index is 851. The van der Waals surface area contributed by atoms with Crippen LogP contribution >= 0.6 is 23.2 Å². The Labute approximate surface area is 138 Å². The molecule has 2 aromatic rings. The summed E-state index contributed by atoms with van der Waals surface area (Å²) in [7, 11) is -3.78. The van der Waals surface area contributed by atoms with Crippen LogP contribution in [-0.4, -0.2) is 14.3 Å². The fraction of sp³-hybridized carbons (Fsp3) is 0.0714. The molecule has 3 N–H and O–H groups in total. The summed E-state index contributed by atoms with van der Waals surface area (Å²) in [4.78, 5) is 11.0. The number of rotatable bonds is 3. The van der Waals surface area contributed by atoms with Crippen molar-refractivity contribution in [1.82, 2.24) is 0 Å². The smallest absolute Gasteiger partial charge is 0.221 e. The van der Waals surface area contributed by atoms with Crippen LogP contribution in [0.1, 0.15) is 6.92 Å². The highest BCUT2D eigenvalue weighted by Crippen LogP contribution is 2.30. The van der Waals surface area contributed by atoms with Crippen LogP contribution in [0.25, 0.3) is 0 Å². The molecule has 116 valence electrons. The van der Waals surface area contributed by atoms with Gasteiger partial charge in [0.2, 0.25) is 15.7 Å². The van der Waals surface area contributed by atoms with E-state index in [1.54, 1.807) is 0 Å². The quantitative estimate of drug-likeness (QED) is 0.823. The Morgan fingerprint density at radius 1 is 1.05 bits per heavy atom. The lowest BCUT2D eigenvalue weighted by molar-refractivity contribution is -0.114. The minimum atomic E-state index is -3.78. The van der Waals surface area contributed by atoms with Crippen molar-refractivity contribution in [2.24, 2.45) is 0 Å². The zero-order chi connectivity index (χ0) is 16.5. The van der Waals surface area contributed by atoms with Crippen LogP contribution in [0.5, 0.6) is 0 Å². The lowest BCUT2D eigenvalue weighted by atomic mass is 10.2. The summed E-state index contributed by atoms with van der Waals surface area (Å²) in [6, 6.07) is 8.12. The van der Waals surface area contributed by atoms with E-state index in [4.69, 9.17) is 28.9 Å². The average molecular weight is 359 g/mol. The second-order valence-electron chi connectivity index (χ2n) is 4.51. The number of halogens is 2. The normalized spacial score (nSPS) is 11.2. The van der Waals surface area contributed by atoms with Gasteiger partial charge < -0.3 is 11.1 Å². The summed E-state index contributed by atoms with van der Waals surface area (Å²) < 4.78 is 25.1. The molecule has 5 nitrogen and oxygen atoms in total. The van der Waals surface area contributed by atoms with Gasteiger partial charge in [0.05, 0.1) is 31.2 Å². The van der Waals surface area contributed by atoms with Crippen LogP contribution in [-0.2, 0) is 14.6 Å². The second-order valence-corrected chi connectivity index (χ2v) is 7.27. The number of sulfone groups is 1. The topological polar surface area (TPSA) is 89.3 Å². The third-order valence-corrected chi connectivity index (χ3v) is 5.33. The van der Waals surface area contributed by atoms with E-state index < -0.39 is 9.84 Å². The lowest BCUT2D eigenvalue weighted by Gasteiger charge is -2.10. The molecule has 0 fully saturated rings. The van der Waals surface area contributed by atoms with Crippen molar-refractivity contribution in [2.75, 3.05) is 11.1 Å². The zero-order valence-corrected chi connectivity index (χ0v) is 13.8. The van der Waals surface area contributed by atoms with Crippen LogP contribution in [0, 0.1) is 0 Å². The molecule has 0 aliphatic rings. The van der Waals surface area contributed by atoms with Crippen LogP contribution in [0.15, 0.2) is 46.2 Å². The molecule has 0 unspecified atom stereocenters. The summed E-state index contributed by atoms with van der Waals surface area (Å²) in [6.45, 7) is 1.33. The number of nitrogens with one attached hydrogen (secondary N) is 1. The molecule has 0 aliphatic carbocycles. The molecule has 0 heterocycles. The first-order chi connectivity index (χ1) is 10.2. The lowest BCUT2D eigenvalue weighted by Crippen LogP contribution is -2.09. The molecule has 0 saturated heterocycles. The van der Waals surface area contributed by atoms with E-state index in [1.165, 1.54) is 43.3 Å². The van der Waals surface area contributed by atoms with Gasteiger partial charge in [0, 0.05) is 6.92 Å². The van der Waals surface area contributed by atoms with E-state index in [9.17, 15) is 13.2 Å². The van der Waals surface area contributed by atoms with E-state index in [1.807, 2.05) is 0 Å². The summed E-state index contributed by atoms with van der Waals surface area (Å²) >= 11 is 11.6. The van der Waals surface area contributed by atoms with Crippen LogP contribution < -0.4 is 11.1 Å². The Kier molecular flexibility index (Phi) is 4.65. The molecule has 0 aliphatic heterocycles. The number of amides is 1. The third kappa shape index (κ3) is 3.35. The van der Waals surface area contributed by atoms with Gasteiger partial charge in [-0.2, -0.15) is 0 Å². The van der Waals surface area contributed by atoms with Gasteiger partial charge in [-0.25, -0.2) is 8.42 Å². The number of nitrogen functional groups attached to an aromatic ring is 1. The van der Waals surface area contributed by atoms with Crippen molar-refractivity contribution >= 4 is 50.3 Å². The maximum Gasteiger partial charge on any atom is 0.221 e. The fourth-order valence-corrected chi connectivity index (χ4v) is 3.48. The molecular weight excluding hydrogens is 347 g/mol. The third-order valence-electron chi connectivity index (χ3n) is 2.85. The van der Waals surface area contributed by atoms with Gasteiger partial charge in [0.25, 0.3) is 0 Å². The highest BCUT2D eigenvalue weighted by molar-refractivity contribution is 7.91. The van der Waals surface area contributed by atoms with Crippen LogP contribution in [0.3, 0.4) is 0 Å². The van der Waals surface area contributed by atoms with Crippen molar-refractivity contribution in [1.29, 1.82) is 0 Å². The highest BCUT2D eigenvalue weighted by atomic mass is 35.5. The first-order valence-corrected chi connectivity index (χ1v) is 8.33. The molecule has 1 amide bonds. The van der Waals surface area contributed by atoms with E-state index in [0.29, 0.717) is 5.69 Å². The molecule has 0 aromatic heterocycles. The van der Waals surface area contributed by atoms with Gasteiger partial charge in [-0.05, 0) is 36.4 Å². The number of hydrogen-bond donors (Lipinski definition) is 2. The molecule has 8 heteroatoms. The number of carbonyl (C=O) groups is 1. The van der Waals surface area contributed by atoms with Gasteiger partial charge in [0.15, 0.2) is 0 Å². The Morgan fingerprint density at radius 3 is 2.18 bits per heavy atom. The van der Waals surface area contributed by atoms with Crippen molar-refractivity contribution in [3.05, 3.63) is 46.4 Å². The summed E-state index contributed by atoms with van der Waals surface area (Å²) in [6.07, 6.45) is 0. The number of nitrogens with two attached hydrogens (primary N) is 1. The fourth-order valence-electron chi connectivity index (χ4n) is 1.79. The predicted molar refractivity (Wildman–Crippen MR) is 87.1 cm³/mol. The first kappa shape index (κ1) is 16.6. The van der Waals surface area contributed by atoms with Gasteiger partial charge in [-0.1, -0.05) is 23.2 Å². The maximum atomic E-state index is 12.5.